The number of hydrogen-bond donors (Lipinski definition) is 2. The van der Waals surface area contributed by atoms with Crippen LogP contribution in [0.3, 0.4) is 0 Å². The minimum atomic E-state index is -0.984. The quantitative estimate of drug-likeness (QED) is 0.732. The van der Waals surface area contributed by atoms with Gasteiger partial charge in [-0.1, -0.05) is 12.1 Å². The average Bonchev–Trinajstić information content (AvgIpc) is 3.13. The SMILES string of the molecule is O=C(Nc1ccccc1C(=O)NCc1ccco1)c1ccc(F)cc1F. The first-order valence-corrected chi connectivity index (χ1v) is 7.70. The van der Waals surface area contributed by atoms with Gasteiger partial charge in [0.15, 0.2) is 0 Å². The van der Waals surface area contributed by atoms with Crippen LogP contribution < -0.4 is 10.6 Å². The number of halogens is 2. The highest BCUT2D eigenvalue weighted by Crippen LogP contribution is 2.18. The zero-order chi connectivity index (χ0) is 18.5. The molecule has 1 heterocycles. The molecular formula is C19H14F2N2O3. The van der Waals surface area contributed by atoms with E-state index in [1.807, 2.05) is 0 Å². The van der Waals surface area contributed by atoms with Gasteiger partial charge in [-0.05, 0) is 36.4 Å². The van der Waals surface area contributed by atoms with Crippen molar-refractivity contribution in [1.29, 1.82) is 0 Å². The highest BCUT2D eigenvalue weighted by molar-refractivity contribution is 6.09. The molecule has 7 heteroatoms. The predicted molar refractivity (Wildman–Crippen MR) is 90.6 cm³/mol. The Morgan fingerprint density at radius 1 is 0.923 bits per heavy atom. The van der Waals surface area contributed by atoms with Crippen molar-refractivity contribution in [1.82, 2.24) is 5.32 Å². The number of hydrogen-bond acceptors (Lipinski definition) is 3. The molecule has 0 bridgehead atoms. The van der Waals surface area contributed by atoms with Gasteiger partial charge in [0.05, 0.1) is 29.6 Å². The van der Waals surface area contributed by atoms with E-state index in [0.717, 1.165) is 12.1 Å². The highest BCUT2D eigenvalue weighted by Gasteiger charge is 2.17. The number of para-hydroxylation sites is 1. The van der Waals surface area contributed by atoms with E-state index >= 15 is 0 Å². The highest BCUT2D eigenvalue weighted by atomic mass is 19.1. The van der Waals surface area contributed by atoms with E-state index in [0.29, 0.717) is 11.8 Å². The summed E-state index contributed by atoms with van der Waals surface area (Å²) in [6.45, 7) is 0.181. The standard InChI is InChI=1S/C19H14F2N2O3/c20-12-7-8-14(16(21)10-12)19(25)23-17-6-2-1-5-15(17)18(24)22-11-13-4-3-9-26-13/h1-10H,11H2,(H,22,24)(H,23,25). The molecule has 0 aliphatic carbocycles. The van der Waals surface area contributed by atoms with Gasteiger partial charge >= 0.3 is 0 Å². The smallest absolute Gasteiger partial charge is 0.258 e. The van der Waals surface area contributed by atoms with Crippen LogP contribution in [0.15, 0.2) is 65.3 Å². The van der Waals surface area contributed by atoms with Crippen LogP contribution in [-0.4, -0.2) is 11.8 Å². The topological polar surface area (TPSA) is 71.3 Å². The minimum absolute atomic E-state index is 0.181. The third kappa shape index (κ3) is 3.94. The molecule has 3 rings (SSSR count). The lowest BCUT2D eigenvalue weighted by atomic mass is 10.1. The first kappa shape index (κ1) is 17.3. The third-order valence-electron chi connectivity index (χ3n) is 3.60. The maximum atomic E-state index is 13.8. The first-order valence-electron chi connectivity index (χ1n) is 7.70. The Labute approximate surface area is 147 Å². The van der Waals surface area contributed by atoms with Crippen LogP contribution in [0.5, 0.6) is 0 Å². The van der Waals surface area contributed by atoms with Gasteiger partial charge in [0, 0.05) is 6.07 Å². The first-order chi connectivity index (χ1) is 12.5. The molecule has 0 saturated heterocycles. The van der Waals surface area contributed by atoms with Crippen LogP contribution in [0, 0.1) is 11.6 Å². The number of furan rings is 1. The molecule has 0 unspecified atom stereocenters. The fraction of sp³-hybridized carbons (Fsp3) is 0.0526. The molecule has 0 aliphatic heterocycles. The van der Waals surface area contributed by atoms with Crippen molar-refractivity contribution in [3.8, 4) is 0 Å². The van der Waals surface area contributed by atoms with Crippen LogP contribution in [0.2, 0.25) is 0 Å². The van der Waals surface area contributed by atoms with Gasteiger partial charge in [0.25, 0.3) is 11.8 Å². The molecule has 0 spiro atoms. The Morgan fingerprint density at radius 2 is 1.73 bits per heavy atom. The molecule has 0 saturated carbocycles. The van der Waals surface area contributed by atoms with Gasteiger partial charge in [-0.25, -0.2) is 8.78 Å². The number of nitrogens with one attached hydrogen (secondary N) is 2. The summed E-state index contributed by atoms with van der Waals surface area (Å²) in [5.41, 5.74) is 0.0882. The molecule has 0 fully saturated rings. The number of benzene rings is 2. The largest absolute Gasteiger partial charge is 0.467 e. The van der Waals surface area contributed by atoms with Crippen LogP contribution in [0.1, 0.15) is 26.5 Å². The molecule has 5 nitrogen and oxygen atoms in total. The maximum Gasteiger partial charge on any atom is 0.258 e. The zero-order valence-electron chi connectivity index (χ0n) is 13.5. The molecule has 0 aliphatic rings. The molecule has 0 atom stereocenters. The summed E-state index contributed by atoms with van der Waals surface area (Å²) in [7, 11) is 0. The fourth-order valence-corrected chi connectivity index (χ4v) is 2.33. The summed E-state index contributed by atoms with van der Waals surface area (Å²) >= 11 is 0. The van der Waals surface area contributed by atoms with Gasteiger partial charge < -0.3 is 15.1 Å². The van der Waals surface area contributed by atoms with Crippen molar-refractivity contribution in [3.05, 3.63) is 89.4 Å². The van der Waals surface area contributed by atoms with E-state index in [1.54, 1.807) is 24.3 Å². The zero-order valence-corrected chi connectivity index (χ0v) is 13.5. The maximum absolute atomic E-state index is 13.8. The van der Waals surface area contributed by atoms with E-state index < -0.39 is 23.4 Å². The molecule has 2 N–H and O–H groups in total. The third-order valence-corrected chi connectivity index (χ3v) is 3.60. The molecule has 1 aromatic heterocycles. The van der Waals surface area contributed by atoms with Crippen LogP contribution in [0.25, 0.3) is 0 Å². The van der Waals surface area contributed by atoms with Crippen molar-refractivity contribution < 1.29 is 22.8 Å². The van der Waals surface area contributed by atoms with Crippen molar-refractivity contribution >= 4 is 17.5 Å². The summed E-state index contributed by atoms with van der Waals surface area (Å²) < 4.78 is 31.9. The van der Waals surface area contributed by atoms with Crippen molar-refractivity contribution in [2.24, 2.45) is 0 Å². The van der Waals surface area contributed by atoms with Crippen molar-refractivity contribution in [2.75, 3.05) is 5.32 Å². The molecule has 26 heavy (non-hydrogen) atoms. The number of carbonyl (C=O) groups is 2. The molecule has 132 valence electrons. The number of carbonyl (C=O) groups excluding carboxylic acids is 2. The van der Waals surface area contributed by atoms with Gasteiger partial charge in [-0.3, -0.25) is 9.59 Å². The van der Waals surface area contributed by atoms with E-state index in [4.69, 9.17) is 4.42 Å². The molecule has 3 aromatic rings. The summed E-state index contributed by atoms with van der Waals surface area (Å²) in [5.74, 6) is -2.40. The predicted octanol–water partition coefficient (Wildman–Crippen LogP) is 3.74. The molecule has 0 radical (unpaired) electrons. The Balaban J connectivity index is 1.76. The summed E-state index contributed by atoms with van der Waals surface area (Å²) in [5, 5.41) is 5.14. The summed E-state index contributed by atoms with van der Waals surface area (Å²) in [6.07, 6.45) is 1.49. The molecular weight excluding hydrogens is 342 g/mol. The van der Waals surface area contributed by atoms with Gasteiger partial charge in [0.2, 0.25) is 0 Å². The number of rotatable bonds is 5. The van der Waals surface area contributed by atoms with Crippen LogP contribution >= 0.6 is 0 Å². The van der Waals surface area contributed by atoms with Crippen LogP contribution in [-0.2, 0) is 6.54 Å². The van der Waals surface area contributed by atoms with Crippen molar-refractivity contribution in [2.45, 2.75) is 6.54 Å². The number of anilines is 1. The fourth-order valence-electron chi connectivity index (χ4n) is 2.33. The number of amides is 2. The normalized spacial score (nSPS) is 10.4. The lowest BCUT2D eigenvalue weighted by Gasteiger charge is -2.11. The Hall–Kier alpha value is -3.48. The Bertz CT molecular complexity index is 940. The van der Waals surface area contributed by atoms with E-state index in [2.05, 4.69) is 10.6 Å². The minimum Gasteiger partial charge on any atom is -0.467 e. The lowest BCUT2D eigenvalue weighted by molar-refractivity contribution is 0.0949. The Morgan fingerprint density at radius 3 is 2.46 bits per heavy atom. The second-order valence-electron chi connectivity index (χ2n) is 5.39. The average molecular weight is 356 g/mol. The monoisotopic (exact) mass is 356 g/mol. The van der Waals surface area contributed by atoms with E-state index in [9.17, 15) is 18.4 Å². The summed E-state index contributed by atoms with van der Waals surface area (Å²) in [4.78, 5) is 24.6. The lowest BCUT2D eigenvalue weighted by Crippen LogP contribution is -2.25. The molecule has 2 amide bonds. The second-order valence-corrected chi connectivity index (χ2v) is 5.39. The second kappa shape index (κ2) is 7.60. The van der Waals surface area contributed by atoms with E-state index in [-0.39, 0.29) is 23.4 Å². The molecule has 2 aromatic carbocycles. The van der Waals surface area contributed by atoms with E-state index in [1.165, 1.54) is 18.4 Å². The van der Waals surface area contributed by atoms with Crippen molar-refractivity contribution in [3.63, 3.8) is 0 Å². The summed E-state index contributed by atoms with van der Waals surface area (Å²) in [6, 6.07) is 12.4. The Kier molecular flexibility index (Phi) is 5.07. The van der Waals surface area contributed by atoms with Gasteiger partial charge in [-0.2, -0.15) is 0 Å². The van der Waals surface area contributed by atoms with Gasteiger partial charge in [-0.15, -0.1) is 0 Å². The van der Waals surface area contributed by atoms with Crippen LogP contribution in [0.4, 0.5) is 14.5 Å². The van der Waals surface area contributed by atoms with Gasteiger partial charge in [0.1, 0.15) is 17.4 Å².